The Balaban J connectivity index is 4.09. The molecule has 0 heterocycles. The van der Waals surface area contributed by atoms with Crippen molar-refractivity contribution in [3.8, 4) is 0 Å². The molecule has 0 spiro atoms. The molecule has 0 N–H and O–H groups in total. The summed E-state index contributed by atoms with van der Waals surface area (Å²) in [5.41, 5.74) is 1.47. The van der Waals surface area contributed by atoms with E-state index in [0.29, 0.717) is 11.8 Å². The molecular formula is C13H22. The molecule has 2 atom stereocenters. The molecule has 74 valence electrons. The Morgan fingerprint density at radius 3 is 2.46 bits per heavy atom. The van der Waals surface area contributed by atoms with Crippen LogP contribution < -0.4 is 0 Å². The summed E-state index contributed by atoms with van der Waals surface area (Å²) < 4.78 is 0. The van der Waals surface area contributed by atoms with Crippen LogP contribution in [0, 0.1) is 11.8 Å². The third-order valence-electron chi connectivity index (χ3n) is 2.70. The van der Waals surface area contributed by atoms with Crippen molar-refractivity contribution in [2.75, 3.05) is 0 Å². The van der Waals surface area contributed by atoms with Crippen molar-refractivity contribution in [2.24, 2.45) is 11.8 Å². The number of rotatable bonds is 5. The summed E-state index contributed by atoms with van der Waals surface area (Å²) in [6.07, 6.45) is 9.57. The highest BCUT2D eigenvalue weighted by atomic mass is 14.1. The van der Waals surface area contributed by atoms with E-state index in [1.807, 2.05) is 6.08 Å². The van der Waals surface area contributed by atoms with E-state index in [9.17, 15) is 0 Å². The predicted molar refractivity (Wildman–Crippen MR) is 61.7 cm³/mol. The zero-order valence-corrected chi connectivity index (χ0v) is 9.38. The molecule has 0 fully saturated rings. The molecule has 0 aromatic rings. The first-order valence-electron chi connectivity index (χ1n) is 5.03. The van der Waals surface area contributed by atoms with Gasteiger partial charge >= 0.3 is 0 Å². The molecule has 0 aliphatic rings. The second kappa shape index (κ2) is 6.71. The van der Waals surface area contributed by atoms with Crippen LogP contribution in [0.5, 0.6) is 0 Å². The largest absolute Gasteiger partial charge is 0.103 e. The van der Waals surface area contributed by atoms with E-state index in [-0.39, 0.29) is 0 Å². The molecule has 0 aromatic heterocycles. The topological polar surface area (TPSA) is 0 Å². The summed E-state index contributed by atoms with van der Waals surface area (Å²) in [6, 6.07) is 0. The molecule has 0 saturated carbocycles. The highest BCUT2D eigenvalue weighted by Gasteiger charge is 2.09. The molecule has 0 saturated heterocycles. The molecule has 0 rings (SSSR count). The van der Waals surface area contributed by atoms with Gasteiger partial charge in [0.05, 0.1) is 0 Å². The number of hydrogen-bond donors (Lipinski definition) is 0. The minimum Gasteiger partial charge on any atom is -0.103 e. The zero-order valence-electron chi connectivity index (χ0n) is 9.38. The molecule has 0 aliphatic carbocycles. The monoisotopic (exact) mass is 178 g/mol. The normalized spacial score (nSPS) is 17.4. The van der Waals surface area contributed by atoms with Gasteiger partial charge in [0.15, 0.2) is 0 Å². The molecule has 0 aliphatic heterocycles. The van der Waals surface area contributed by atoms with E-state index in [1.54, 1.807) is 0 Å². The Morgan fingerprint density at radius 2 is 2.00 bits per heavy atom. The number of hydrogen-bond acceptors (Lipinski definition) is 0. The van der Waals surface area contributed by atoms with Gasteiger partial charge in [0.25, 0.3) is 0 Å². The summed E-state index contributed by atoms with van der Waals surface area (Å²) in [5.74, 6) is 1.27. The lowest BCUT2D eigenvalue weighted by molar-refractivity contribution is 0.528. The molecule has 0 nitrogen and oxygen atoms in total. The average Bonchev–Trinajstić information content (AvgIpc) is 2.15. The van der Waals surface area contributed by atoms with Crippen molar-refractivity contribution in [1.29, 1.82) is 0 Å². The Hall–Kier alpha value is -0.780. The maximum Gasteiger partial charge on any atom is -0.0172 e. The maximum absolute atomic E-state index is 3.69. The van der Waals surface area contributed by atoms with Gasteiger partial charge < -0.3 is 0 Å². The highest BCUT2D eigenvalue weighted by molar-refractivity contribution is 5.06. The van der Waals surface area contributed by atoms with Gasteiger partial charge in [0.2, 0.25) is 0 Å². The molecule has 13 heavy (non-hydrogen) atoms. The second-order valence-corrected chi connectivity index (χ2v) is 3.63. The van der Waals surface area contributed by atoms with Crippen molar-refractivity contribution < 1.29 is 0 Å². The Morgan fingerprint density at radius 1 is 1.38 bits per heavy atom. The molecule has 0 aromatic carbocycles. The Kier molecular flexibility index (Phi) is 6.30. The SMILES string of the molecule is C=CCC=CC(C)C(C)C(C)=CC. The summed E-state index contributed by atoms with van der Waals surface area (Å²) in [5, 5.41) is 0. The highest BCUT2D eigenvalue weighted by Crippen LogP contribution is 2.20. The minimum absolute atomic E-state index is 0.621. The summed E-state index contributed by atoms with van der Waals surface area (Å²) >= 11 is 0. The lowest BCUT2D eigenvalue weighted by atomic mass is 9.89. The van der Waals surface area contributed by atoms with Gasteiger partial charge in [-0.05, 0) is 32.1 Å². The van der Waals surface area contributed by atoms with Crippen LogP contribution in [0.15, 0.2) is 36.5 Å². The smallest absolute Gasteiger partial charge is 0.0172 e. The fourth-order valence-corrected chi connectivity index (χ4v) is 1.23. The van der Waals surface area contributed by atoms with Crippen LogP contribution in [-0.2, 0) is 0 Å². The summed E-state index contributed by atoms with van der Waals surface area (Å²) in [4.78, 5) is 0. The van der Waals surface area contributed by atoms with Gasteiger partial charge in [0.1, 0.15) is 0 Å². The maximum atomic E-state index is 3.69. The molecular weight excluding hydrogens is 156 g/mol. The van der Waals surface area contributed by atoms with Crippen LogP contribution >= 0.6 is 0 Å². The minimum atomic E-state index is 0.621. The third kappa shape index (κ3) is 4.72. The Labute approximate surface area is 83.0 Å². The van der Waals surface area contributed by atoms with Crippen molar-refractivity contribution in [3.05, 3.63) is 36.5 Å². The molecule has 0 radical (unpaired) electrons. The molecule has 2 unspecified atom stereocenters. The third-order valence-corrected chi connectivity index (χ3v) is 2.70. The van der Waals surface area contributed by atoms with Gasteiger partial charge in [0, 0.05) is 0 Å². The van der Waals surface area contributed by atoms with Gasteiger partial charge in [-0.2, -0.15) is 0 Å². The zero-order chi connectivity index (χ0) is 10.3. The quantitative estimate of drug-likeness (QED) is 0.549. The van der Waals surface area contributed by atoms with Crippen LogP contribution in [0.1, 0.15) is 34.1 Å². The summed E-state index contributed by atoms with van der Waals surface area (Å²) in [7, 11) is 0. The first-order chi connectivity index (χ1) is 6.13. The second-order valence-electron chi connectivity index (χ2n) is 3.63. The summed E-state index contributed by atoms with van der Waals surface area (Å²) in [6.45, 7) is 12.5. The van der Waals surface area contributed by atoms with Crippen molar-refractivity contribution in [2.45, 2.75) is 34.1 Å². The predicted octanol–water partition coefficient (Wildman–Crippen LogP) is 4.36. The molecule has 0 amide bonds. The average molecular weight is 178 g/mol. The van der Waals surface area contributed by atoms with E-state index in [4.69, 9.17) is 0 Å². The first kappa shape index (κ1) is 12.2. The van der Waals surface area contributed by atoms with E-state index >= 15 is 0 Å². The van der Waals surface area contributed by atoms with Crippen molar-refractivity contribution in [1.82, 2.24) is 0 Å². The number of allylic oxidation sites excluding steroid dienone is 5. The molecule has 0 heteroatoms. The van der Waals surface area contributed by atoms with E-state index in [0.717, 1.165) is 6.42 Å². The standard InChI is InChI=1S/C13H22/c1-6-8-9-10-12(4)13(5)11(3)7-2/h6-7,9-10,12-13H,1,8H2,2-5H3. The van der Waals surface area contributed by atoms with Gasteiger partial charge in [-0.25, -0.2) is 0 Å². The van der Waals surface area contributed by atoms with Crippen LogP contribution in [0.2, 0.25) is 0 Å². The molecule has 0 bridgehead atoms. The van der Waals surface area contributed by atoms with Crippen LogP contribution in [0.3, 0.4) is 0 Å². The van der Waals surface area contributed by atoms with E-state index in [2.05, 4.69) is 52.5 Å². The Bertz CT molecular complexity index is 196. The first-order valence-corrected chi connectivity index (χ1v) is 5.03. The fraction of sp³-hybridized carbons (Fsp3) is 0.538. The van der Waals surface area contributed by atoms with Gasteiger partial charge in [-0.15, -0.1) is 6.58 Å². The van der Waals surface area contributed by atoms with Crippen LogP contribution in [0.25, 0.3) is 0 Å². The fourth-order valence-electron chi connectivity index (χ4n) is 1.23. The lowest BCUT2D eigenvalue weighted by Gasteiger charge is -2.17. The van der Waals surface area contributed by atoms with Crippen molar-refractivity contribution >= 4 is 0 Å². The van der Waals surface area contributed by atoms with Gasteiger partial charge in [-0.3, -0.25) is 0 Å². The van der Waals surface area contributed by atoms with Crippen molar-refractivity contribution in [3.63, 3.8) is 0 Å². The van der Waals surface area contributed by atoms with E-state index < -0.39 is 0 Å². The van der Waals surface area contributed by atoms with Crippen LogP contribution in [-0.4, -0.2) is 0 Å². The van der Waals surface area contributed by atoms with Crippen LogP contribution in [0.4, 0.5) is 0 Å². The lowest BCUT2D eigenvalue weighted by Crippen LogP contribution is -2.06. The van der Waals surface area contributed by atoms with E-state index in [1.165, 1.54) is 5.57 Å². The van der Waals surface area contributed by atoms with Gasteiger partial charge in [-0.1, -0.05) is 43.7 Å².